The fraction of sp³-hybridized carbons (Fsp3) is 0.950. The predicted molar refractivity (Wildman–Crippen MR) is 97.0 cm³/mol. The molecule has 0 aromatic carbocycles. The third kappa shape index (κ3) is 4.25. The summed E-state index contributed by atoms with van der Waals surface area (Å²) in [6.45, 7) is 10.6. The Labute approximate surface area is 147 Å². The minimum atomic E-state index is -0.403. The molecule has 1 amide bonds. The first-order chi connectivity index (χ1) is 11.2. The third-order valence-electron chi connectivity index (χ3n) is 5.99. The SMILES string of the molecule is CC1CC(C)CC(NC2CC3CCC(C2)N3C(=O)OC(C)(C)C)C1. The molecule has 0 spiro atoms. The number of nitrogens with one attached hydrogen (secondary N) is 1. The van der Waals surface area contributed by atoms with Gasteiger partial charge in [-0.1, -0.05) is 13.8 Å². The second-order valence-corrected chi connectivity index (χ2v) is 9.72. The Morgan fingerprint density at radius 3 is 1.92 bits per heavy atom. The summed E-state index contributed by atoms with van der Waals surface area (Å²) in [7, 11) is 0. The van der Waals surface area contributed by atoms with Crippen molar-refractivity contribution in [3.63, 3.8) is 0 Å². The van der Waals surface area contributed by atoms with Gasteiger partial charge in [0.25, 0.3) is 0 Å². The topological polar surface area (TPSA) is 41.6 Å². The maximum atomic E-state index is 12.5. The van der Waals surface area contributed by atoms with Gasteiger partial charge in [0, 0.05) is 24.2 Å². The van der Waals surface area contributed by atoms with Gasteiger partial charge in [-0.05, 0) is 77.6 Å². The number of rotatable bonds is 2. The van der Waals surface area contributed by atoms with E-state index in [0.717, 1.165) is 37.5 Å². The highest BCUT2D eigenvalue weighted by molar-refractivity contribution is 5.69. The lowest BCUT2D eigenvalue weighted by molar-refractivity contribution is 0.00382. The summed E-state index contributed by atoms with van der Waals surface area (Å²) < 4.78 is 5.64. The molecule has 3 rings (SSSR count). The van der Waals surface area contributed by atoms with Crippen LogP contribution in [0.3, 0.4) is 0 Å². The number of piperidine rings is 1. The maximum absolute atomic E-state index is 12.5. The monoisotopic (exact) mass is 336 g/mol. The quantitative estimate of drug-likeness (QED) is 0.816. The van der Waals surface area contributed by atoms with Crippen molar-refractivity contribution in [1.82, 2.24) is 10.2 Å². The van der Waals surface area contributed by atoms with Crippen LogP contribution in [-0.4, -0.2) is 40.8 Å². The van der Waals surface area contributed by atoms with Gasteiger partial charge < -0.3 is 15.0 Å². The molecule has 4 nitrogen and oxygen atoms in total. The summed E-state index contributed by atoms with van der Waals surface area (Å²) in [5.41, 5.74) is -0.403. The summed E-state index contributed by atoms with van der Waals surface area (Å²) in [5.74, 6) is 1.68. The number of hydrogen-bond donors (Lipinski definition) is 1. The van der Waals surface area contributed by atoms with Gasteiger partial charge >= 0.3 is 6.09 Å². The maximum Gasteiger partial charge on any atom is 0.410 e. The molecule has 0 radical (unpaired) electrons. The normalized spacial score (nSPS) is 39.8. The number of carbonyl (C=O) groups is 1. The largest absolute Gasteiger partial charge is 0.444 e. The molecule has 0 aromatic rings. The first kappa shape index (κ1) is 18.0. The van der Waals surface area contributed by atoms with Crippen LogP contribution in [0.5, 0.6) is 0 Å². The zero-order valence-corrected chi connectivity index (χ0v) is 16.2. The molecule has 2 saturated heterocycles. The van der Waals surface area contributed by atoms with Crippen molar-refractivity contribution in [3.8, 4) is 0 Å². The van der Waals surface area contributed by atoms with E-state index in [-0.39, 0.29) is 6.09 Å². The molecule has 24 heavy (non-hydrogen) atoms. The van der Waals surface area contributed by atoms with E-state index < -0.39 is 5.60 Å². The molecule has 2 heterocycles. The highest BCUT2D eigenvalue weighted by atomic mass is 16.6. The second kappa shape index (κ2) is 6.86. The first-order valence-corrected chi connectivity index (χ1v) is 9.98. The fourth-order valence-electron chi connectivity index (χ4n) is 5.34. The van der Waals surface area contributed by atoms with E-state index in [1.54, 1.807) is 0 Å². The zero-order valence-electron chi connectivity index (χ0n) is 16.2. The number of carbonyl (C=O) groups excluding carboxylic acids is 1. The number of ether oxygens (including phenoxy) is 1. The minimum Gasteiger partial charge on any atom is -0.444 e. The highest BCUT2D eigenvalue weighted by Gasteiger charge is 2.45. The van der Waals surface area contributed by atoms with E-state index in [2.05, 4.69) is 24.1 Å². The minimum absolute atomic E-state index is 0.103. The van der Waals surface area contributed by atoms with Gasteiger partial charge in [0.05, 0.1) is 0 Å². The number of hydrogen-bond acceptors (Lipinski definition) is 3. The molecule has 4 unspecified atom stereocenters. The predicted octanol–water partition coefficient (Wildman–Crippen LogP) is 4.33. The van der Waals surface area contributed by atoms with E-state index >= 15 is 0 Å². The second-order valence-electron chi connectivity index (χ2n) is 9.72. The van der Waals surface area contributed by atoms with Crippen LogP contribution in [-0.2, 0) is 4.74 Å². The average molecular weight is 337 g/mol. The lowest BCUT2D eigenvalue weighted by Gasteiger charge is -2.42. The average Bonchev–Trinajstić information content (AvgIpc) is 2.68. The Morgan fingerprint density at radius 2 is 1.42 bits per heavy atom. The zero-order chi connectivity index (χ0) is 17.5. The Bertz CT molecular complexity index is 435. The van der Waals surface area contributed by atoms with Gasteiger partial charge in [0.15, 0.2) is 0 Å². The van der Waals surface area contributed by atoms with Crippen LogP contribution < -0.4 is 5.32 Å². The van der Waals surface area contributed by atoms with Crippen molar-refractivity contribution in [1.29, 1.82) is 0 Å². The van der Waals surface area contributed by atoms with Crippen LogP contribution in [0, 0.1) is 11.8 Å². The van der Waals surface area contributed by atoms with Crippen molar-refractivity contribution in [2.24, 2.45) is 11.8 Å². The Hall–Kier alpha value is -0.770. The summed E-state index contributed by atoms with van der Waals surface area (Å²) >= 11 is 0. The van der Waals surface area contributed by atoms with Crippen molar-refractivity contribution in [2.75, 3.05) is 0 Å². The molecular formula is C20H36N2O2. The Morgan fingerprint density at radius 1 is 0.917 bits per heavy atom. The third-order valence-corrected chi connectivity index (χ3v) is 5.99. The van der Waals surface area contributed by atoms with Crippen LogP contribution >= 0.6 is 0 Å². The van der Waals surface area contributed by atoms with Crippen molar-refractivity contribution >= 4 is 6.09 Å². The van der Waals surface area contributed by atoms with E-state index in [0.29, 0.717) is 24.2 Å². The number of fused-ring (bicyclic) bond motifs is 2. The standard InChI is InChI=1S/C20H36N2O2/c1-13-8-14(2)10-15(9-13)21-16-11-17-6-7-18(12-16)22(17)19(23)24-20(3,4)5/h13-18,21H,6-12H2,1-5H3. The number of amides is 1. The molecule has 138 valence electrons. The van der Waals surface area contributed by atoms with Crippen LogP contribution in [0.2, 0.25) is 0 Å². The lowest BCUT2D eigenvalue weighted by Crippen LogP contribution is -2.54. The summed E-state index contributed by atoms with van der Waals surface area (Å²) in [5, 5.41) is 3.95. The summed E-state index contributed by atoms with van der Waals surface area (Å²) in [6, 6.07) is 1.98. The van der Waals surface area contributed by atoms with Crippen molar-refractivity contribution in [2.45, 2.75) is 109 Å². The molecule has 1 aliphatic carbocycles. The van der Waals surface area contributed by atoms with Crippen LogP contribution in [0.4, 0.5) is 4.79 Å². The van der Waals surface area contributed by atoms with E-state index in [9.17, 15) is 4.79 Å². The fourth-order valence-corrected chi connectivity index (χ4v) is 5.34. The smallest absolute Gasteiger partial charge is 0.410 e. The van der Waals surface area contributed by atoms with Gasteiger partial charge in [0.1, 0.15) is 5.60 Å². The molecule has 2 aliphatic heterocycles. The van der Waals surface area contributed by atoms with Gasteiger partial charge in [-0.3, -0.25) is 0 Å². The summed E-state index contributed by atoms with van der Waals surface area (Å²) in [6.07, 6.45) is 8.36. The van der Waals surface area contributed by atoms with Crippen LogP contribution in [0.25, 0.3) is 0 Å². The van der Waals surface area contributed by atoms with Crippen LogP contribution in [0.1, 0.15) is 79.6 Å². The van der Waals surface area contributed by atoms with Gasteiger partial charge in [0.2, 0.25) is 0 Å². The highest BCUT2D eigenvalue weighted by Crippen LogP contribution is 2.38. The lowest BCUT2D eigenvalue weighted by atomic mass is 9.80. The molecule has 1 N–H and O–H groups in total. The first-order valence-electron chi connectivity index (χ1n) is 9.98. The van der Waals surface area contributed by atoms with Crippen LogP contribution in [0.15, 0.2) is 0 Å². The van der Waals surface area contributed by atoms with Gasteiger partial charge in [-0.2, -0.15) is 0 Å². The Kier molecular flexibility index (Phi) is 5.15. The van der Waals surface area contributed by atoms with E-state index in [4.69, 9.17) is 4.74 Å². The molecule has 4 atom stereocenters. The molecule has 2 bridgehead atoms. The molecule has 0 aromatic heterocycles. The molecular weight excluding hydrogens is 300 g/mol. The summed E-state index contributed by atoms with van der Waals surface area (Å²) in [4.78, 5) is 14.6. The van der Waals surface area contributed by atoms with E-state index in [1.165, 1.54) is 19.3 Å². The van der Waals surface area contributed by atoms with Crippen molar-refractivity contribution < 1.29 is 9.53 Å². The molecule has 3 aliphatic rings. The van der Waals surface area contributed by atoms with Gasteiger partial charge in [-0.15, -0.1) is 0 Å². The molecule has 3 fully saturated rings. The van der Waals surface area contributed by atoms with Crippen molar-refractivity contribution in [3.05, 3.63) is 0 Å². The van der Waals surface area contributed by atoms with Gasteiger partial charge in [-0.25, -0.2) is 4.79 Å². The van der Waals surface area contributed by atoms with E-state index in [1.807, 2.05) is 20.8 Å². The molecule has 1 saturated carbocycles. The Balaban J connectivity index is 1.56. The molecule has 4 heteroatoms. The number of nitrogens with zero attached hydrogens (tertiary/aromatic N) is 1.